The summed E-state index contributed by atoms with van der Waals surface area (Å²) in [5, 5.41) is 0. The summed E-state index contributed by atoms with van der Waals surface area (Å²) in [4.78, 5) is 19.7. The van der Waals surface area contributed by atoms with Crippen LogP contribution in [0.1, 0.15) is 21.7 Å². The topological polar surface area (TPSA) is 90.7 Å². The zero-order chi connectivity index (χ0) is 24.3. The molecule has 1 amide bonds. The molecule has 1 aromatic heterocycles. The normalized spacial score (nSPS) is 13.3. The maximum absolute atomic E-state index is 13.3. The summed E-state index contributed by atoms with van der Waals surface area (Å²) < 4.78 is 37.3. The van der Waals surface area contributed by atoms with Crippen LogP contribution in [0.2, 0.25) is 0 Å². The van der Waals surface area contributed by atoms with Crippen LogP contribution in [0.25, 0.3) is 11.4 Å². The smallest absolute Gasteiger partial charge is 0.254 e. The molecule has 0 saturated heterocycles. The van der Waals surface area contributed by atoms with Gasteiger partial charge in [-0.1, -0.05) is 30.9 Å². The number of ether oxygens (including phenoxy) is 2. The number of hydrogen-bond donors (Lipinski definition) is 0. The summed E-state index contributed by atoms with van der Waals surface area (Å²) in [7, 11) is -1.75. The van der Waals surface area contributed by atoms with Crippen LogP contribution in [0.15, 0.2) is 61.2 Å². The van der Waals surface area contributed by atoms with Gasteiger partial charge in [0.1, 0.15) is 23.9 Å². The second-order valence-corrected chi connectivity index (χ2v) is 10.2. The van der Waals surface area contributed by atoms with Gasteiger partial charge in [0.15, 0.2) is 9.84 Å². The van der Waals surface area contributed by atoms with E-state index < -0.39 is 9.84 Å². The lowest BCUT2D eigenvalue weighted by Gasteiger charge is -2.30. The first-order valence-electron chi connectivity index (χ1n) is 10.8. The van der Waals surface area contributed by atoms with Crippen LogP contribution < -0.4 is 9.47 Å². The highest BCUT2D eigenvalue weighted by Gasteiger charge is 2.29. The van der Waals surface area contributed by atoms with Gasteiger partial charge in [-0.05, 0) is 30.3 Å². The van der Waals surface area contributed by atoms with Crippen molar-refractivity contribution in [3.05, 3.63) is 78.1 Å². The minimum atomic E-state index is -3.33. The average Bonchev–Trinajstić information content (AvgIpc) is 3.18. The molecule has 0 atom stereocenters. The zero-order valence-electron chi connectivity index (χ0n) is 19.2. The fraction of sp³-hybridized carbons (Fsp3) is 0.280. The van der Waals surface area contributed by atoms with E-state index in [4.69, 9.17) is 14.5 Å². The van der Waals surface area contributed by atoms with Crippen molar-refractivity contribution in [3.63, 3.8) is 0 Å². The Kier molecular flexibility index (Phi) is 6.74. The molecular formula is C25H27N3O5S. The number of fused-ring (bicyclic) bond motifs is 1. The highest BCUT2D eigenvalue weighted by molar-refractivity contribution is 7.89. The lowest BCUT2D eigenvalue weighted by molar-refractivity contribution is 0.0711. The van der Waals surface area contributed by atoms with Crippen molar-refractivity contribution in [3.8, 4) is 22.9 Å². The number of nitrogens with zero attached hydrogens (tertiary/aromatic N) is 3. The standard InChI is InChI=1S/C25H27N3O5S/c1-4-14-33-19-9-7-8-18(15-19)25(29)27-12-13-28-22(16-27)21(17-34(3,30)31)26-24(28)20-10-5-6-11-23(20)32-2/h4-11,15H,1,12-14,16-17H2,2-3H3. The minimum absolute atomic E-state index is 0.152. The van der Waals surface area contributed by atoms with Crippen molar-refractivity contribution in [1.82, 2.24) is 14.5 Å². The van der Waals surface area contributed by atoms with Crippen LogP contribution in [0, 0.1) is 0 Å². The largest absolute Gasteiger partial charge is 0.496 e. The molecule has 178 valence electrons. The van der Waals surface area contributed by atoms with Gasteiger partial charge in [-0.15, -0.1) is 0 Å². The van der Waals surface area contributed by atoms with Gasteiger partial charge in [-0.25, -0.2) is 13.4 Å². The highest BCUT2D eigenvalue weighted by atomic mass is 32.2. The number of sulfone groups is 1. The fourth-order valence-corrected chi connectivity index (χ4v) is 4.79. The number of aromatic nitrogens is 2. The Morgan fingerprint density at radius 2 is 1.97 bits per heavy atom. The Bertz CT molecular complexity index is 1330. The molecule has 2 aromatic carbocycles. The summed E-state index contributed by atoms with van der Waals surface area (Å²) >= 11 is 0. The molecule has 0 spiro atoms. The molecule has 4 rings (SSSR count). The molecule has 2 heterocycles. The first-order valence-corrected chi connectivity index (χ1v) is 12.9. The molecule has 0 N–H and O–H groups in total. The Labute approximate surface area is 199 Å². The van der Waals surface area contributed by atoms with Crippen LogP contribution in [-0.4, -0.2) is 55.3 Å². The SMILES string of the molecule is C=CCOc1cccc(C(=O)N2CCn3c(-c4ccccc4OC)nc(CS(C)(=O)=O)c3C2)c1. The van der Waals surface area contributed by atoms with E-state index >= 15 is 0 Å². The summed E-state index contributed by atoms with van der Waals surface area (Å²) in [5.74, 6) is 1.52. The molecule has 0 bridgehead atoms. The van der Waals surface area contributed by atoms with Gasteiger partial charge in [-0.2, -0.15) is 0 Å². The van der Waals surface area contributed by atoms with Crippen LogP contribution in [-0.2, 0) is 28.7 Å². The summed E-state index contributed by atoms with van der Waals surface area (Å²) in [6.07, 6.45) is 2.82. The number of imidazole rings is 1. The van der Waals surface area contributed by atoms with E-state index in [1.807, 2.05) is 28.8 Å². The number of carbonyl (C=O) groups excluding carboxylic acids is 1. The van der Waals surface area contributed by atoms with Crippen molar-refractivity contribution in [2.75, 3.05) is 26.5 Å². The Hall–Kier alpha value is -3.59. The molecule has 0 fully saturated rings. The van der Waals surface area contributed by atoms with Crippen LogP contribution >= 0.6 is 0 Å². The Morgan fingerprint density at radius 1 is 1.18 bits per heavy atom. The van der Waals surface area contributed by atoms with E-state index in [2.05, 4.69) is 6.58 Å². The molecule has 0 radical (unpaired) electrons. The van der Waals surface area contributed by atoms with Gasteiger partial charge in [0.05, 0.1) is 36.4 Å². The van der Waals surface area contributed by atoms with Crippen molar-refractivity contribution < 1.29 is 22.7 Å². The van der Waals surface area contributed by atoms with Gasteiger partial charge < -0.3 is 18.9 Å². The predicted octanol–water partition coefficient (Wildman–Crippen LogP) is 3.32. The number of benzene rings is 2. The van der Waals surface area contributed by atoms with E-state index in [1.165, 1.54) is 6.26 Å². The first kappa shape index (κ1) is 23.6. The van der Waals surface area contributed by atoms with Crippen LogP contribution in [0.3, 0.4) is 0 Å². The molecule has 0 saturated carbocycles. The predicted molar refractivity (Wildman–Crippen MR) is 130 cm³/mol. The second-order valence-electron chi connectivity index (χ2n) is 8.11. The number of rotatable bonds is 8. The van der Waals surface area contributed by atoms with Gasteiger partial charge in [0.2, 0.25) is 0 Å². The monoisotopic (exact) mass is 481 g/mol. The van der Waals surface area contributed by atoms with E-state index in [0.29, 0.717) is 54.0 Å². The first-order chi connectivity index (χ1) is 16.3. The molecule has 1 aliphatic heterocycles. The van der Waals surface area contributed by atoms with Gasteiger partial charge in [0, 0.05) is 24.9 Å². The van der Waals surface area contributed by atoms with E-state index in [1.54, 1.807) is 42.4 Å². The maximum atomic E-state index is 13.3. The van der Waals surface area contributed by atoms with Gasteiger partial charge in [0.25, 0.3) is 5.91 Å². The number of para-hydroxylation sites is 1. The third-order valence-corrected chi connectivity index (χ3v) is 6.37. The molecule has 8 nitrogen and oxygen atoms in total. The molecular weight excluding hydrogens is 454 g/mol. The fourth-order valence-electron chi connectivity index (χ4n) is 4.06. The van der Waals surface area contributed by atoms with Crippen molar-refractivity contribution in [2.24, 2.45) is 0 Å². The van der Waals surface area contributed by atoms with Crippen LogP contribution in [0.4, 0.5) is 0 Å². The second kappa shape index (κ2) is 9.72. The van der Waals surface area contributed by atoms with E-state index in [9.17, 15) is 13.2 Å². The summed E-state index contributed by atoms with van der Waals surface area (Å²) in [5.41, 5.74) is 2.44. The number of hydrogen-bond acceptors (Lipinski definition) is 6. The molecule has 9 heteroatoms. The number of carbonyl (C=O) groups is 1. The van der Waals surface area contributed by atoms with E-state index in [-0.39, 0.29) is 18.2 Å². The third kappa shape index (κ3) is 4.99. The third-order valence-electron chi connectivity index (χ3n) is 5.57. The van der Waals surface area contributed by atoms with Gasteiger partial charge >= 0.3 is 0 Å². The lowest BCUT2D eigenvalue weighted by atomic mass is 10.1. The average molecular weight is 482 g/mol. The lowest BCUT2D eigenvalue weighted by Crippen LogP contribution is -2.38. The summed E-state index contributed by atoms with van der Waals surface area (Å²) in [6.45, 7) is 5.18. The molecule has 34 heavy (non-hydrogen) atoms. The maximum Gasteiger partial charge on any atom is 0.254 e. The summed E-state index contributed by atoms with van der Waals surface area (Å²) in [6, 6.07) is 14.5. The molecule has 3 aromatic rings. The Balaban J connectivity index is 1.69. The van der Waals surface area contributed by atoms with Gasteiger partial charge in [-0.3, -0.25) is 4.79 Å². The van der Waals surface area contributed by atoms with E-state index in [0.717, 1.165) is 5.56 Å². The molecule has 1 aliphatic rings. The van der Waals surface area contributed by atoms with Crippen LogP contribution in [0.5, 0.6) is 11.5 Å². The quantitative estimate of drug-likeness (QED) is 0.459. The minimum Gasteiger partial charge on any atom is -0.496 e. The molecule has 0 aliphatic carbocycles. The zero-order valence-corrected chi connectivity index (χ0v) is 20.0. The number of methoxy groups -OCH3 is 1. The number of amides is 1. The molecule has 0 unspecified atom stereocenters. The van der Waals surface area contributed by atoms with Crippen molar-refractivity contribution in [1.29, 1.82) is 0 Å². The van der Waals surface area contributed by atoms with Crippen molar-refractivity contribution in [2.45, 2.75) is 18.8 Å². The Morgan fingerprint density at radius 3 is 2.71 bits per heavy atom. The highest BCUT2D eigenvalue weighted by Crippen LogP contribution is 2.33. The van der Waals surface area contributed by atoms with Crippen molar-refractivity contribution >= 4 is 15.7 Å².